The van der Waals surface area contributed by atoms with Gasteiger partial charge in [-0.2, -0.15) is 5.26 Å². The summed E-state index contributed by atoms with van der Waals surface area (Å²) in [5, 5.41) is 8.91. The van der Waals surface area contributed by atoms with Crippen LogP contribution in [0.1, 0.15) is 35.4 Å². The average Bonchev–Trinajstić information content (AvgIpc) is 3.38. The number of carbonyl (C=O) groups is 1. The van der Waals surface area contributed by atoms with E-state index in [0.29, 0.717) is 12.1 Å². The highest BCUT2D eigenvalue weighted by Gasteiger charge is 2.48. The molecular weight excluding hydrogens is 334 g/mol. The van der Waals surface area contributed by atoms with Crippen LogP contribution >= 0.6 is 0 Å². The minimum atomic E-state index is -0.611. The smallest absolute Gasteiger partial charge is 0.230 e. The van der Waals surface area contributed by atoms with Crippen molar-refractivity contribution in [1.82, 2.24) is 0 Å². The first-order valence-electron chi connectivity index (χ1n) is 8.63. The van der Waals surface area contributed by atoms with Crippen LogP contribution < -0.4 is 4.90 Å². The molecule has 1 amide bonds. The number of anilines is 1. The van der Waals surface area contributed by atoms with Gasteiger partial charge in [0.2, 0.25) is 5.91 Å². The fourth-order valence-corrected chi connectivity index (χ4v) is 3.27. The molecule has 3 rings (SSSR count). The second-order valence-corrected chi connectivity index (χ2v) is 6.75. The number of nitrogens with zero attached hydrogens (tertiary/aromatic N) is 2. The number of rotatable bonds is 5. The molecule has 2 aromatic rings. The van der Waals surface area contributed by atoms with Crippen LogP contribution in [0.5, 0.6) is 0 Å². The van der Waals surface area contributed by atoms with Gasteiger partial charge in [0.15, 0.2) is 0 Å². The SMILES string of the molecule is Cc1ccc(N(CCC#N)C(=O)C2CC2c2c(F)cccc2F)cc1C. The fourth-order valence-electron chi connectivity index (χ4n) is 3.27. The van der Waals surface area contributed by atoms with Crippen LogP contribution in [-0.2, 0) is 4.79 Å². The van der Waals surface area contributed by atoms with Crippen molar-refractivity contribution in [3.8, 4) is 6.07 Å². The Kier molecular flexibility index (Phi) is 5.03. The van der Waals surface area contributed by atoms with Crippen molar-refractivity contribution in [2.45, 2.75) is 32.6 Å². The molecule has 1 aliphatic rings. The van der Waals surface area contributed by atoms with Crippen molar-refractivity contribution >= 4 is 11.6 Å². The summed E-state index contributed by atoms with van der Waals surface area (Å²) in [6, 6.07) is 11.5. The van der Waals surface area contributed by atoms with Crippen LogP contribution in [0.2, 0.25) is 0 Å². The number of carbonyl (C=O) groups excluding carboxylic acids is 1. The van der Waals surface area contributed by atoms with Crippen molar-refractivity contribution in [2.24, 2.45) is 5.92 Å². The summed E-state index contributed by atoms with van der Waals surface area (Å²) in [5.41, 5.74) is 2.86. The van der Waals surface area contributed by atoms with Crippen molar-refractivity contribution in [3.63, 3.8) is 0 Å². The van der Waals surface area contributed by atoms with Gasteiger partial charge < -0.3 is 4.90 Å². The Morgan fingerprint density at radius 3 is 2.50 bits per heavy atom. The van der Waals surface area contributed by atoms with Gasteiger partial charge in [-0.05, 0) is 55.7 Å². The Bertz CT molecular complexity index is 868. The van der Waals surface area contributed by atoms with Gasteiger partial charge in [-0.25, -0.2) is 8.78 Å². The molecule has 0 spiro atoms. The van der Waals surface area contributed by atoms with E-state index < -0.39 is 23.5 Å². The van der Waals surface area contributed by atoms with Crippen molar-refractivity contribution in [3.05, 3.63) is 64.7 Å². The molecule has 1 aliphatic carbocycles. The van der Waals surface area contributed by atoms with Crippen LogP contribution in [-0.4, -0.2) is 12.5 Å². The number of benzene rings is 2. The molecule has 5 heteroatoms. The van der Waals surface area contributed by atoms with Gasteiger partial charge >= 0.3 is 0 Å². The minimum Gasteiger partial charge on any atom is -0.311 e. The third kappa shape index (κ3) is 3.45. The van der Waals surface area contributed by atoms with Gasteiger partial charge in [0, 0.05) is 29.6 Å². The highest BCUT2D eigenvalue weighted by atomic mass is 19.1. The summed E-state index contributed by atoms with van der Waals surface area (Å²) >= 11 is 0. The normalized spacial score (nSPS) is 18.3. The molecule has 0 radical (unpaired) electrons. The Balaban J connectivity index is 1.85. The van der Waals surface area contributed by atoms with Crippen LogP contribution in [0.15, 0.2) is 36.4 Å². The molecule has 0 heterocycles. The second-order valence-electron chi connectivity index (χ2n) is 6.75. The van der Waals surface area contributed by atoms with E-state index in [0.717, 1.165) is 11.1 Å². The summed E-state index contributed by atoms with van der Waals surface area (Å²) in [5.74, 6) is -2.31. The predicted octanol–water partition coefficient (Wildman–Crippen LogP) is 4.63. The topological polar surface area (TPSA) is 44.1 Å². The lowest BCUT2D eigenvalue weighted by Crippen LogP contribution is -2.33. The standard InChI is InChI=1S/C21H20F2N2O/c1-13-7-8-15(11-14(13)2)25(10-4-9-24)21(26)17-12-16(17)20-18(22)5-3-6-19(20)23/h3,5-8,11,16-17H,4,10,12H2,1-2H3. The minimum absolute atomic E-state index is 0.00818. The van der Waals surface area contributed by atoms with E-state index >= 15 is 0 Å². The molecule has 0 aromatic heterocycles. The summed E-state index contributed by atoms with van der Waals surface area (Å²) in [7, 11) is 0. The van der Waals surface area contributed by atoms with E-state index in [-0.39, 0.29) is 24.4 Å². The lowest BCUT2D eigenvalue weighted by molar-refractivity contribution is -0.119. The molecule has 1 saturated carbocycles. The van der Waals surface area contributed by atoms with Gasteiger partial charge in [0.05, 0.1) is 12.5 Å². The largest absolute Gasteiger partial charge is 0.311 e. The van der Waals surface area contributed by atoms with Gasteiger partial charge in [0.25, 0.3) is 0 Å². The van der Waals surface area contributed by atoms with Gasteiger partial charge in [-0.1, -0.05) is 12.1 Å². The number of nitriles is 1. The Morgan fingerprint density at radius 2 is 1.88 bits per heavy atom. The van der Waals surface area contributed by atoms with Crippen LogP contribution in [0.25, 0.3) is 0 Å². The number of hydrogen-bond donors (Lipinski definition) is 0. The molecule has 134 valence electrons. The Morgan fingerprint density at radius 1 is 1.19 bits per heavy atom. The van der Waals surface area contributed by atoms with Gasteiger partial charge in [-0.3, -0.25) is 4.79 Å². The maximum atomic E-state index is 14.0. The zero-order valence-electron chi connectivity index (χ0n) is 14.8. The maximum Gasteiger partial charge on any atom is 0.230 e. The predicted molar refractivity (Wildman–Crippen MR) is 95.7 cm³/mol. The van der Waals surface area contributed by atoms with E-state index in [2.05, 4.69) is 6.07 Å². The average molecular weight is 354 g/mol. The van der Waals surface area contributed by atoms with Crippen molar-refractivity contribution in [1.29, 1.82) is 5.26 Å². The van der Waals surface area contributed by atoms with E-state index in [1.165, 1.54) is 18.2 Å². The zero-order chi connectivity index (χ0) is 18.8. The molecule has 2 aromatic carbocycles. The summed E-state index contributed by atoms with van der Waals surface area (Å²) in [4.78, 5) is 14.6. The number of amides is 1. The summed E-state index contributed by atoms with van der Waals surface area (Å²) in [6.45, 7) is 4.21. The molecule has 1 fully saturated rings. The quantitative estimate of drug-likeness (QED) is 0.786. The number of halogens is 2. The van der Waals surface area contributed by atoms with E-state index in [9.17, 15) is 13.6 Å². The molecule has 0 aliphatic heterocycles. The monoisotopic (exact) mass is 354 g/mol. The molecule has 26 heavy (non-hydrogen) atoms. The van der Waals surface area contributed by atoms with E-state index in [4.69, 9.17) is 5.26 Å². The van der Waals surface area contributed by atoms with Crippen LogP contribution in [0, 0.1) is 42.7 Å². The van der Waals surface area contributed by atoms with Crippen LogP contribution in [0.4, 0.5) is 14.5 Å². The van der Waals surface area contributed by atoms with E-state index in [1.807, 2.05) is 32.0 Å². The van der Waals surface area contributed by atoms with Gasteiger partial charge in [-0.15, -0.1) is 0 Å². The molecule has 2 unspecified atom stereocenters. The molecule has 2 atom stereocenters. The number of hydrogen-bond acceptors (Lipinski definition) is 2. The molecule has 0 N–H and O–H groups in total. The van der Waals surface area contributed by atoms with E-state index in [1.54, 1.807) is 4.90 Å². The first kappa shape index (κ1) is 18.1. The third-order valence-corrected chi connectivity index (χ3v) is 4.99. The molecule has 0 bridgehead atoms. The molecule has 0 saturated heterocycles. The first-order valence-corrected chi connectivity index (χ1v) is 8.63. The maximum absolute atomic E-state index is 14.0. The van der Waals surface area contributed by atoms with Crippen molar-refractivity contribution < 1.29 is 13.6 Å². The zero-order valence-corrected chi connectivity index (χ0v) is 14.8. The summed E-state index contributed by atoms with van der Waals surface area (Å²) in [6.07, 6.45) is 0.620. The molecular formula is C21H20F2N2O. The highest BCUT2D eigenvalue weighted by molar-refractivity contribution is 5.97. The second kappa shape index (κ2) is 7.25. The van der Waals surface area contributed by atoms with Crippen molar-refractivity contribution in [2.75, 3.05) is 11.4 Å². The summed E-state index contributed by atoms with van der Waals surface area (Å²) < 4.78 is 28.0. The first-order chi connectivity index (χ1) is 12.4. The Labute approximate surface area is 151 Å². The molecule has 3 nitrogen and oxygen atoms in total. The fraction of sp³-hybridized carbons (Fsp3) is 0.333. The van der Waals surface area contributed by atoms with Crippen LogP contribution in [0.3, 0.4) is 0 Å². The number of aryl methyl sites for hydroxylation is 2. The lowest BCUT2D eigenvalue weighted by atomic mass is 10.1. The lowest BCUT2D eigenvalue weighted by Gasteiger charge is -2.23. The Hall–Kier alpha value is -2.74. The van der Waals surface area contributed by atoms with Gasteiger partial charge in [0.1, 0.15) is 11.6 Å². The third-order valence-electron chi connectivity index (χ3n) is 4.99. The highest BCUT2D eigenvalue weighted by Crippen LogP contribution is 2.50.